The fraction of sp³-hybridized carbons (Fsp3) is 0.450. The number of benzene rings is 1. The van der Waals surface area contributed by atoms with Gasteiger partial charge in [0, 0.05) is 23.6 Å². The predicted octanol–water partition coefficient (Wildman–Crippen LogP) is 4.07. The number of para-hydroxylation sites is 1. The summed E-state index contributed by atoms with van der Waals surface area (Å²) in [5.74, 6) is 0.679. The predicted molar refractivity (Wildman–Crippen MR) is 95.2 cm³/mol. The van der Waals surface area contributed by atoms with E-state index in [-0.39, 0.29) is 17.2 Å². The maximum atomic E-state index is 12.5. The second-order valence-electron chi connectivity index (χ2n) is 7.47. The average Bonchev–Trinajstić information content (AvgIpc) is 2.84. The van der Waals surface area contributed by atoms with Gasteiger partial charge in [0.15, 0.2) is 0 Å². The Morgan fingerprint density at radius 3 is 2.78 bits per heavy atom. The molecule has 1 aromatic carbocycles. The number of aromatic amines is 1. The highest BCUT2D eigenvalue weighted by Gasteiger charge is 2.60. The average molecular weight is 310 g/mol. The van der Waals surface area contributed by atoms with Crippen molar-refractivity contribution in [3.05, 3.63) is 47.7 Å². The Morgan fingerprint density at radius 1 is 1.30 bits per heavy atom. The summed E-state index contributed by atoms with van der Waals surface area (Å²) < 4.78 is 0. The van der Waals surface area contributed by atoms with Crippen LogP contribution in [0.25, 0.3) is 10.9 Å². The number of fused-ring (bicyclic) bond motifs is 1. The first kappa shape index (κ1) is 15.9. The number of carbonyl (C=O) groups excluding carboxylic acids is 1. The van der Waals surface area contributed by atoms with Crippen LogP contribution >= 0.6 is 0 Å². The van der Waals surface area contributed by atoms with Gasteiger partial charge in [-0.05, 0) is 43.2 Å². The molecular weight excluding hydrogens is 284 g/mol. The first-order chi connectivity index (χ1) is 10.9. The number of carbonyl (C=O) groups is 1. The van der Waals surface area contributed by atoms with Crippen molar-refractivity contribution >= 4 is 16.8 Å². The number of allylic oxidation sites excluding steroid dienone is 2. The maximum Gasteiger partial charge on any atom is 0.224 e. The van der Waals surface area contributed by atoms with E-state index < -0.39 is 0 Å². The molecule has 122 valence electrons. The van der Waals surface area contributed by atoms with Crippen molar-refractivity contribution in [3.8, 4) is 0 Å². The maximum absolute atomic E-state index is 12.5. The minimum Gasteiger partial charge on any atom is -0.361 e. The normalized spacial score (nSPS) is 21.9. The van der Waals surface area contributed by atoms with Crippen molar-refractivity contribution in [1.29, 1.82) is 0 Å². The molecule has 1 heterocycles. The third-order valence-electron chi connectivity index (χ3n) is 5.07. The smallest absolute Gasteiger partial charge is 0.224 e. The number of hydrogen-bond acceptors (Lipinski definition) is 1. The molecule has 0 aliphatic heterocycles. The summed E-state index contributed by atoms with van der Waals surface area (Å²) in [5.41, 5.74) is 3.79. The first-order valence-corrected chi connectivity index (χ1v) is 8.39. The molecule has 2 N–H and O–H groups in total. The zero-order chi connectivity index (χ0) is 16.6. The SMILES string of the molecule is CC(C)=C[C@@H]1[C@H](C(=O)NCCc2c[nH]c3ccccc23)C1(C)C. The summed E-state index contributed by atoms with van der Waals surface area (Å²) >= 11 is 0. The van der Waals surface area contributed by atoms with Crippen LogP contribution in [0.4, 0.5) is 0 Å². The Morgan fingerprint density at radius 2 is 2.04 bits per heavy atom. The second-order valence-corrected chi connectivity index (χ2v) is 7.47. The van der Waals surface area contributed by atoms with Gasteiger partial charge >= 0.3 is 0 Å². The lowest BCUT2D eigenvalue weighted by molar-refractivity contribution is -0.123. The zero-order valence-corrected chi connectivity index (χ0v) is 14.4. The third-order valence-corrected chi connectivity index (χ3v) is 5.07. The van der Waals surface area contributed by atoms with Crippen molar-refractivity contribution in [2.45, 2.75) is 34.1 Å². The van der Waals surface area contributed by atoms with Crippen molar-refractivity contribution < 1.29 is 4.79 Å². The Kier molecular flexibility index (Phi) is 4.05. The molecule has 1 aliphatic carbocycles. The van der Waals surface area contributed by atoms with Gasteiger partial charge < -0.3 is 10.3 Å². The van der Waals surface area contributed by atoms with E-state index >= 15 is 0 Å². The monoisotopic (exact) mass is 310 g/mol. The summed E-state index contributed by atoms with van der Waals surface area (Å²) in [6.07, 6.45) is 5.14. The van der Waals surface area contributed by atoms with Crippen molar-refractivity contribution in [2.75, 3.05) is 6.54 Å². The Hall–Kier alpha value is -2.03. The molecule has 1 amide bonds. The summed E-state index contributed by atoms with van der Waals surface area (Å²) in [4.78, 5) is 15.7. The molecule has 0 bridgehead atoms. The molecule has 2 aromatic rings. The number of H-pyrrole nitrogens is 1. The van der Waals surface area contributed by atoms with E-state index in [4.69, 9.17) is 0 Å². The molecule has 1 fully saturated rings. The molecule has 1 aliphatic rings. The molecule has 1 saturated carbocycles. The lowest BCUT2D eigenvalue weighted by Gasteiger charge is -2.06. The highest BCUT2D eigenvalue weighted by atomic mass is 16.2. The van der Waals surface area contributed by atoms with Crippen LogP contribution in [0.1, 0.15) is 33.3 Å². The minimum absolute atomic E-state index is 0.0855. The van der Waals surface area contributed by atoms with Crippen LogP contribution in [0.3, 0.4) is 0 Å². The van der Waals surface area contributed by atoms with Gasteiger partial charge in [-0.3, -0.25) is 4.79 Å². The summed E-state index contributed by atoms with van der Waals surface area (Å²) in [6.45, 7) is 9.25. The quantitative estimate of drug-likeness (QED) is 0.804. The second kappa shape index (κ2) is 5.88. The van der Waals surface area contributed by atoms with E-state index in [0.717, 1.165) is 11.9 Å². The number of hydrogen-bond donors (Lipinski definition) is 2. The number of aromatic nitrogens is 1. The lowest BCUT2D eigenvalue weighted by atomic mass is 10.1. The van der Waals surface area contributed by atoms with E-state index in [1.54, 1.807) is 0 Å². The van der Waals surface area contributed by atoms with Crippen LogP contribution in [-0.4, -0.2) is 17.4 Å². The van der Waals surface area contributed by atoms with Crippen LogP contribution in [0.5, 0.6) is 0 Å². The van der Waals surface area contributed by atoms with Gasteiger partial charge in [-0.15, -0.1) is 0 Å². The minimum atomic E-state index is 0.0855. The van der Waals surface area contributed by atoms with E-state index in [0.29, 0.717) is 12.5 Å². The van der Waals surface area contributed by atoms with Crippen LogP contribution < -0.4 is 5.32 Å². The molecule has 1 aromatic heterocycles. The fourth-order valence-electron chi connectivity index (χ4n) is 3.62. The van der Waals surface area contributed by atoms with Crippen LogP contribution in [0.15, 0.2) is 42.1 Å². The molecule has 3 nitrogen and oxygen atoms in total. The van der Waals surface area contributed by atoms with E-state index in [9.17, 15) is 4.79 Å². The summed E-state index contributed by atoms with van der Waals surface area (Å²) in [5, 5.41) is 4.37. The molecule has 23 heavy (non-hydrogen) atoms. The molecule has 2 atom stereocenters. The Labute approximate surface area is 138 Å². The van der Waals surface area contributed by atoms with E-state index in [1.165, 1.54) is 16.5 Å². The third kappa shape index (κ3) is 3.05. The molecule has 3 rings (SSSR count). The topological polar surface area (TPSA) is 44.9 Å². The highest BCUT2D eigenvalue weighted by molar-refractivity contribution is 5.84. The van der Waals surface area contributed by atoms with Crippen molar-refractivity contribution in [1.82, 2.24) is 10.3 Å². The number of nitrogens with one attached hydrogen (secondary N) is 2. The largest absolute Gasteiger partial charge is 0.361 e. The standard InChI is InChI=1S/C20H26N2O/c1-13(2)11-16-18(20(16,3)4)19(23)21-10-9-14-12-22-17-8-6-5-7-15(14)17/h5-8,11-12,16,18,22H,9-10H2,1-4H3,(H,21,23)/t16-,18-/m1/s1. The molecule has 0 saturated heterocycles. The van der Waals surface area contributed by atoms with Gasteiger partial charge in [0.05, 0.1) is 5.92 Å². The molecule has 3 heteroatoms. The van der Waals surface area contributed by atoms with Gasteiger partial charge in [0.25, 0.3) is 0 Å². The van der Waals surface area contributed by atoms with Gasteiger partial charge in [-0.2, -0.15) is 0 Å². The Bertz CT molecular complexity index is 750. The van der Waals surface area contributed by atoms with Gasteiger partial charge in [0.1, 0.15) is 0 Å². The first-order valence-electron chi connectivity index (χ1n) is 8.39. The number of amides is 1. The fourth-order valence-corrected chi connectivity index (χ4v) is 3.62. The van der Waals surface area contributed by atoms with E-state index in [1.807, 2.05) is 12.3 Å². The van der Waals surface area contributed by atoms with Gasteiger partial charge in [-0.25, -0.2) is 0 Å². The summed E-state index contributed by atoms with van der Waals surface area (Å²) in [7, 11) is 0. The van der Waals surface area contributed by atoms with Crippen molar-refractivity contribution in [2.24, 2.45) is 17.3 Å². The van der Waals surface area contributed by atoms with Crippen molar-refractivity contribution in [3.63, 3.8) is 0 Å². The van der Waals surface area contributed by atoms with E-state index in [2.05, 4.69) is 62.3 Å². The van der Waals surface area contributed by atoms with Gasteiger partial charge in [0.2, 0.25) is 5.91 Å². The molecular formula is C20H26N2O. The molecule has 0 spiro atoms. The Balaban J connectivity index is 1.57. The summed E-state index contributed by atoms with van der Waals surface area (Å²) in [6, 6.07) is 8.28. The lowest BCUT2D eigenvalue weighted by Crippen LogP contribution is -2.28. The number of rotatable bonds is 5. The molecule has 0 unspecified atom stereocenters. The van der Waals surface area contributed by atoms with Crippen LogP contribution in [0.2, 0.25) is 0 Å². The zero-order valence-electron chi connectivity index (χ0n) is 14.4. The highest BCUT2D eigenvalue weighted by Crippen LogP contribution is 2.59. The molecule has 0 radical (unpaired) electrons. The van der Waals surface area contributed by atoms with Crippen LogP contribution in [-0.2, 0) is 11.2 Å². The van der Waals surface area contributed by atoms with Crippen LogP contribution in [0, 0.1) is 17.3 Å². The van der Waals surface area contributed by atoms with Gasteiger partial charge in [-0.1, -0.05) is 43.7 Å².